The Bertz CT molecular complexity index is 1410. The molecule has 3 unspecified atom stereocenters. The number of fused-ring (bicyclic) bond motifs is 1. The number of phenolic OH excluding ortho intramolecular Hbond substituents is 1. The highest BCUT2D eigenvalue weighted by atomic mass is 16.6. The van der Waals surface area contributed by atoms with Gasteiger partial charge in [-0.2, -0.15) is 0 Å². The lowest BCUT2D eigenvalue weighted by atomic mass is 9.95. The number of benzene rings is 3. The second-order valence-electron chi connectivity index (χ2n) is 11.3. The fourth-order valence-corrected chi connectivity index (χ4v) is 4.59. The predicted molar refractivity (Wildman–Crippen MR) is 163 cm³/mol. The van der Waals surface area contributed by atoms with Crippen molar-refractivity contribution in [3.05, 3.63) is 84.4 Å². The number of aryl methyl sites for hydroxylation is 1. The lowest BCUT2D eigenvalue weighted by molar-refractivity contribution is -0.141. The van der Waals surface area contributed by atoms with Gasteiger partial charge in [0.2, 0.25) is 5.91 Å². The smallest absolute Gasteiger partial charge is 0.408 e. The second-order valence-corrected chi connectivity index (χ2v) is 11.3. The van der Waals surface area contributed by atoms with Gasteiger partial charge in [-0.25, -0.2) is 4.79 Å². The van der Waals surface area contributed by atoms with Crippen molar-refractivity contribution < 1.29 is 24.2 Å². The van der Waals surface area contributed by atoms with E-state index >= 15 is 0 Å². The summed E-state index contributed by atoms with van der Waals surface area (Å²) in [7, 11) is 0. The van der Waals surface area contributed by atoms with E-state index in [1.807, 2.05) is 50.2 Å². The second kappa shape index (κ2) is 13.4. The van der Waals surface area contributed by atoms with E-state index in [9.17, 15) is 19.5 Å². The predicted octanol–water partition coefficient (Wildman–Crippen LogP) is 6.49. The fourth-order valence-electron chi connectivity index (χ4n) is 4.59. The summed E-state index contributed by atoms with van der Waals surface area (Å²) in [6, 6.07) is 16.2. The van der Waals surface area contributed by atoms with E-state index in [1.165, 1.54) is 11.0 Å². The van der Waals surface area contributed by atoms with E-state index in [-0.39, 0.29) is 23.8 Å². The third kappa shape index (κ3) is 7.87. The normalized spacial score (nSPS) is 13.5. The van der Waals surface area contributed by atoms with Crippen LogP contribution in [0.5, 0.6) is 5.75 Å². The number of anilines is 1. The van der Waals surface area contributed by atoms with Crippen LogP contribution in [-0.4, -0.2) is 46.1 Å². The van der Waals surface area contributed by atoms with Crippen molar-refractivity contribution in [2.45, 2.75) is 65.6 Å². The van der Waals surface area contributed by atoms with Gasteiger partial charge in [-0.3, -0.25) is 9.59 Å². The molecule has 0 fully saturated rings. The van der Waals surface area contributed by atoms with Gasteiger partial charge in [0.1, 0.15) is 23.4 Å². The zero-order valence-electron chi connectivity index (χ0n) is 24.7. The van der Waals surface area contributed by atoms with Crippen molar-refractivity contribution in [3.63, 3.8) is 0 Å². The van der Waals surface area contributed by atoms with E-state index in [1.54, 1.807) is 52.0 Å². The third-order valence-corrected chi connectivity index (χ3v) is 6.90. The first-order chi connectivity index (χ1) is 19.4. The number of phenols is 1. The molecule has 0 spiro atoms. The highest BCUT2D eigenvalue weighted by Gasteiger charge is 2.39. The Balaban J connectivity index is 2.07. The Morgan fingerprint density at radius 2 is 1.73 bits per heavy atom. The van der Waals surface area contributed by atoms with Crippen molar-refractivity contribution in [2.75, 3.05) is 11.9 Å². The van der Waals surface area contributed by atoms with Crippen molar-refractivity contribution >= 4 is 34.4 Å². The van der Waals surface area contributed by atoms with Gasteiger partial charge in [-0.05, 0) is 62.1 Å². The summed E-state index contributed by atoms with van der Waals surface area (Å²) in [5.74, 6) is -1.38. The molecule has 0 heterocycles. The number of ether oxygens (including phenoxy) is 1. The molecule has 3 aromatic carbocycles. The molecule has 0 saturated heterocycles. The number of para-hydroxylation sites is 1. The Labute approximate surface area is 242 Å². The van der Waals surface area contributed by atoms with Crippen molar-refractivity contribution in [2.24, 2.45) is 5.92 Å². The minimum absolute atomic E-state index is 0.00897. The summed E-state index contributed by atoms with van der Waals surface area (Å²) in [4.78, 5) is 42.4. The summed E-state index contributed by atoms with van der Waals surface area (Å²) in [6.45, 7) is 14.5. The molecular formula is C33H41N3O5. The van der Waals surface area contributed by atoms with Crippen molar-refractivity contribution in [1.82, 2.24) is 10.2 Å². The first-order valence-electron chi connectivity index (χ1n) is 13.8. The molecule has 8 nitrogen and oxygen atoms in total. The molecule has 8 heteroatoms. The average Bonchev–Trinajstić information content (AvgIpc) is 2.91. The highest BCUT2D eigenvalue weighted by Crippen LogP contribution is 2.34. The van der Waals surface area contributed by atoms with Gasteiger partial charge in [-0.15, -0.1) is 6.58 Å². The summed E-state index contributed by atoms with van der Waals surface area (Å²) >= 11 is 0. The van der Waals surface area contributed by atoms with Crippen LogP contribution in [0.4, 0.5) is 10.5 Å². The zero-order valence-corrected chi connectivity index (χ0v) is 24.7. The number of aromatic hydroxyl groups is 1. The lowest BCUT2D eigenvalue weighted by Gasteiger charge is -2.35. The number of alkyl carbamates (subject to hydrolysis) is 1. The average molecular weight is 560 g/mol. The minimum Gasteiger partial charge on any atom is -0.507 e. The fraction of sp³-hybridized carbons (Fsp3) is 0.364. The van der Waals surface area contributed by atoms with Crippen LogP contribution in [0.25, 0.3) is 10.8 Å². The number of hydrogen-bond donors (Lipinski definition) is 3. The van der Waals surface area contributed by atoms with Gasteiger partial charge in [0.25, 0.3) is 5.91 Å². The van der Waals surface area contributed by atoms with Crippen LogP contribution in [0.15, 0.2) is 73.3 Å². The monoisotopic (exact) mass is 559 g/mol. The number of carbonyl (C=O) groups excluding carboxylic acids is 3. The molecule has 3 amide bonds. The molecule has 0 aliphatic carbocycles. The number of hydrogen-bond acceptors (Lipinski definition) is 5. The molecule has 3 rings (SSSR count). The van der Waals surface area contributed by atoms with Crippen LogP contribution in [0.2, 0.25) is 0 Å². The molecule has 0 aliphatic rings. The first-order valence-corrected chi connectivity index (χ1v) is 13.8. The van der Waals surface area contributed by atoms with E-state index < -0.39 is 35.6 Å². The SMILES string of the molecule is C=CCN(C(=O)C(NC(=O)OC(C)(C)C)C(C)CC)C(C(=O)Nc1ccc2ccccc2c1)c1cccc(C)c1O. The molecule has 0 saturated carbocycles. The minimum atomic E-state index is -1.22. The van der Waals surface area contributed by atoms with Crippen LogP contribution in [0.1, 0.15) is 58.2 Å². The third-order valence-electron chi connectivity index (χ3n) is 6.90. The van der Waals surface area contributed by atoms with Gasteiger partial charge >= 0.3 is 6.09 Å². The number of rotatable bonds is 10. The van der Waals surface area contributed by atoms with Crippen LogP contribution >= 0.6 is 0 Å². The number of nitrogens with one attached hydrogen (secondary N) is 2. The van der Waals surface area contributed by atoms with Crippen molar-refractivity contribution in [3.8, 4) is 5.75 Å². The molecule has 3 atom stereocenters. The molecule has 0 aliphatic heterocycles. The summed E-state index contributed by atoms with van der Waals surface area (Å²) in [5.41, 5.74) is 0.604. The van der Waals surface area contributed by atoms with Crippen LogP contribution in [0.3, 0.4) is 0 Å². The largest absolute Gasteiger partial charge is 0.507 e. The molecule has 0 radical (unpaired) electrons. The lowest BCUT2D eigenvalue weighted by Crippen LogP contribution is -2.54. The summed E-state index contributed by atoms with van der Waals surface area (Å²) in [6.07, 6.45) is 1.37. The molecule has 3 aromatic rings. The van der Waals surface area contributed by atoms with Gasteiger partial charge in [-0.1, -0.05) is 74.9 Å². The zero-order chi connectivity index (χ0) is 30.3. The standard InChI is InChI=1S/C33H41N3O5/c1-8-19-36(31(39)27(21(3)9-2)35-32(40)41-33(5,6)7)28(26-16-12-13-22(4)29(26)37)30(38)34-25-18-17-23-14-10-11-15-24(23)20-25/h8,10-18,20-21,27-28,37H,1,9,19H2,2-7H3,(H,34,38)(H,35,40). The Hall–Kier alpha value is -4.33. The van der Waals surface area contributed by atoms with Gasteiger partial charge in [0.05, 0.1) is 0 Å². The summed E-state index contributed by atoms with van der Waals surface area (Å²) in [5, 5.41) is 18.7. The molecule has 0 aromatic heterocycles. The topological polar surface area (TPSA) is 108 Å². The Kier molecular flexibility index (Phi) is 10.2. The van der Waals surface area contributed by atoms with Gasteiger partial charge in [0.15, 0.2) is 0 Å². The van der Waals surface area contributed by atoms with Crippen molar-refractivity contribution in [1.29, 1.82) is 0 Å². The van der Waals surface area contributed by atoms with E-state index in [2.05, 4.69) is 17.2 Å². The van der Waals surface area contributed by atoms with Crippen LogP contribution in [-0.2, 0) is 14.3 Å². The quantitative estimate of drug-likeness (QED) is 0.246. The van der Waals surface area contributed by atoms with Gasteiger partial charge < -0.3 is 25.4 Å². The van der Waals surface area contributed by atoms with Crippen LogP contribution in [0, 0.1) is 12.8 Å². The Morgan fingerprint density at radius 3 is 2.37 bits per heavy atom. The van der Waals surface area contributed by atoms with E-state index in [0.717, 1.165) is 10.8 Å². The molecule has 0 bridgehead atoms. The molecular weight excluding hydrogens is 518 g/mol. The number of amides is 3. The highest BCUT2D eigenvalue weighted by molar-refractivity contribution is 6.01. The number of nitrogens with zero attached hydrogens (tertiary/aromatic N) is 1. The maximum atomic E-state index is 14.2. The maximum absolute atomic E-state index is 14.2. The van der Waals surface area contributed by atoms with Crippen LogP contribution < -0.4 is 10.6 Å². The van der Waals surface area contributed by atoms with Gasteiger partial charge in [0, 0.05) is 17.8 Å². The Morgan fingerprint density at radius 1 is 1.05 bits per heavy atom. The van der Waals surface area contributed by atoms with E-state index in [0.29, 0.717) is 17.7 Å². The number of carbonyl (C=O) groups is 3. The summed E-state index contributed by atoms with van der Waals surface area (Å²) < 4.78 is 5.43. The first kappa shape index (κ1) is 31.2. The maximum Gasteiger partial charge on any atom is 0.408 e. The molecule has 218 valence electrons. The van der Waals surface area contributed by atoms with E-state index in [4.69, 9.17) is 4.74 Å². The molecule has 3 N–H and O–H groups in total. The molecule has 41 heavy (non-hydrogen) atoms.